The zero-order chi connectivity index (χ0) is 31.6. The fourth-order valence-electron chi connectivity index (χ4n) is 5.16. The molecule has 0 bridgehead atoms. The molecule has 0 saturated carbocycles. The number of piperidine rings is 1. The summed E-state index contributed by atoms with van der Waals surface area (Å²) in [4.78, 5) is 41.8. The van der Waals surface area contributed by atoms with Gasteiger partial charge in [-0.2, -0.15) is 0 Å². The van der Waals surface area contributed by atoms with Gasteiger partial charge in [0.15, 0.2) is 0 Å². The third kappa shape index (κ3) is 9.81. The third-order valence-electron chi connectivity index (χ3n) is 7.43. The van der Waals surface area contributed by atoms with Gasteiger partial charge in [0.1, 0.15) is 23.3 Å². The highest BCUT2D eigenvalue weighted by atomic mass is 35.5. The summed E-state index contributed by atoms with van der Waals surface area (Å²) in [7, 11) is 0. The van der Waals surface area contributed by atoms with Crippen molar-refractivity contribution in [2.24, 2.45) is 0 Å². The molecule has 5 rings (SSSR count). The summed E-state index contributed by atoms with van der Waals surface area (Å²) >= 11 is 7.12. The summed E-state index contributed by atoms with van der Waals surface area (Å²) in [5.74, 6) is -0.670. The summed E-state index contributed by atoms with van der Waals surface area (Å²) in [6, 6.07) is 25.3. The van der Waals surface area contributed by atoms with Crippen LogP contribution in [0, 0.1) is 0 Å². The lowest BCUT2D eigenvalue weighted by Gasteiger charge is -2.34. The number of rotatable bonds is 11. The topological polar surface area (TPSA) is 120 Å². The van der Waals surface area contributed by atoms with Crippen molar-refractivity contribution in [1.29, 1.82) is 0 Å². The molecule has 45 heavy (non-hydrogen) atoms. The number of carbonyl (C=O) groups excluding carboxylic acids is 3. The van der Waals surface area contributed by atoms with Gasteiger partial charge in [0.05, 0.1) is 5.00 Å². The average Bonchev–Trinajstić information content (AvgIpc) is 3.51. The number of esters is 1. The second-order valence-electron chi connectivity index (χ2n) is 11.0. The van der Waals surface area contributed by atoms with Crippen LogP contribution < -0.4 is 16.0 Å². The number of halogens is 1. The number of nitrogens with one attached hydrogen (secondary N) is 3. The Morgan fingerprint density at radius 2 is 1.67 bits per heavy atom. The summed E-state index contributed by atoms with van der Waals surface area (Å²) in [6.45, 7) is 2.51. The quantitative estimate of drug-likeness (QED) is 0.149. The van der Waals surface area contributed by atoms with Gasteiger partial charge in [-0.25, -0.2) is 9.59 Å². The molecule has 3 aromatic carbocycles. The number of benzene rings is 3. The Labute approximate surface area is 271 Å². The zero-order valence-corrected chi connectivity index (χ0v) is 26.2. The number of nitrogens with zero attached hydrogens (tertiary/aromatic N) is 1. The van der Waals surface area contributed by atoms with Gasteiger partial charge in [-0.15, -0.1) is 11.3 Å². The first-order valence-electron chi connectivity index (χ1n) is 14.7. The number of hydrogen-bond acceptors (Lipinski definition) is 7. The van der Waals surface area contributed by atoms with E-state index in [4.69, 9.17) is 16.3 Å². The van der Waals surface area contributed by atoms with Gasteiger partial charge in [-0.1, -0.05) is 66.2 Å². The molecule has 1 aromatic heterocycles. The van der Waals surface area contributed by atoms with Crippen molar-refractivity contribution >= 4 is 45.8 Å². The first-order chi connectivity index (χ1) is 21.8. The Bertz CT molecular complexity index is 1580. The van der Waals surface area contributed by atoms with Crippen molar-refractivity contribution in [3.63, 3.8) is 0 Å². The number of anilines is 1. The summed E-state index contributed by atoms with van der Waals surface area (Å²) in [5.41, 5.74) is 2.80. The van der Waals surface area contributed by atoms with Gasteiger partial charge in [-0.3, -0.25) is 15.0 Å². The Morgan fingerprint density at radius 1 is 0.933 bits per heavy atom. The number of thiophene rings is 1. The van der Waals surface area contributed by atoms with Crippen molar-refractivity contribution in [3.8, 4) is 5.75 Å². The highest BCUT2D eigenvalue weighted by molar-refractivity contribution is 7.18. The fraction of sp³-hybridized carbons (Fsp3) is 0.265. The molecule has 234 valence electrons. The number of phenolic OH excluding ortho intramolecular Hbond substituents is 1. The summed E-state index contributed by atoms with van der Waals surface area (Å²) in [6.07, 6.45) is 1.99. The number of hydrogen-bond donors (Lipinski definition) is 4. The van der Waals surface area contributed by atoms with E-state index in [1.54, 1.807) is 36.4 Å². The maximum atomic E-state index is 13.6. The molecule has 0 unspecified atom stereocenters. The zero-order valence-electron chi connectivity index (χ0n) is 24.6. The molecule has 2 heterocycles. The number of amides is 3. The molecule has 11 heteroatoms. The van der Waals surface area contributed by atoms with E-state index in [1.807, 2.05) is 54.6 Å². The SMILES string of the molecule is O=C(Nc1ccc(C(=O)OCc2ccccc2)s1)N[C@@H](Cc1ccc(O)cc1)C(=O)N[C@H]1CCCN(Cc2ccc(Cl)cc2)C1. The van der Waals surface area contributed by atoms with Crippen molar-refractivity contribution in [1.82, 2.24) is 15.5 Å². The number of aromatic hydroxyl groups is 1. The predicted octanol–water partition coefficient (Wildman–Crippen LogP) is 5.98. The van der Waals surface area contributed by atoms with Crippen LogP contribution in [0.4, 0.5) is 9.80 Å². The maximum Gasteiger partial charge on any atom is 0.348 e. The molecule has 4 aromatic rings. The molecule has 0 spiro atoms. The lowest BCUT2D eigenvalue weighted by atomic mass is 10.0. The standard InChI is InChI=1S/C34H35ClN4O5S/c35-26-12-8-24(9-13-26)20-39-18-4-7-27(21-39)36-32(41)29(19-23-10-14-28(40)15-11-23)37-34(43)38-31-17-16-30(45-31)33(42)44-22-25-5-2-1-3-6-25/h1-3,5-6,8-17,27,29,40H,4,7,18-22H2,(H,36,41)(H2,37,38,43)/t27-,29-/m0/s1. The minimum Gasteiger partial charge on any atom is -0.508 e. The van der Waals surface area contributed by atoms with E-state index >= 15 is 0 Å². The largest absolute Gasteiger partial charge is 0.508 e. The van der Waals surface area contributed by atoms with Gasteiger partial charge < -0.3 is 20.5 Å². The summed E-state index contributed by atoms with van der Waals surface area (Å²) < 4.78 is 5.38. The third-order valence-corrected chi connectivity index (χ3v) is 8.66. The highest BCUT2D eigenvalue weighted by Gasteiger charge is 2.27. The Morgan fingerprint density at radius 3 is 2.42 bits per heavy atom. The average molecular weight is 647 g/mol. The summed E-state index contributed by atoms with van der Waals surface area (Å²) in [5, 5.41) is 19.5. The molecule has 4 N–H and O–H groups in total. The van der Waals surface area contributed by atoms with Gasteiger partial charge in [0.25, 0.3) is 0 Å². The molecule has 2 atom stereocenters. The Balaban J connectivity index is 1.18. The molecule has 9 nitrogen and oxygen atoms in total. The van der Waals surface area contributed by atoms with Crippen LogP contribution in [-0.4, -0.2) is 53.1 Å². The number of phenols is 1. The van der Waals surface area contributed by atoms with Crippen LogP contribution in [0.1, 0.15) is 39.2 Å². The molecule has 3 amide bonds. The van der Waals surface area contributed by atoms with E-state index in [2.05, 4.69) is 20.9 Å². The van der Waals surface area contributed by atoms with Crippen molar-refractivity contribution in [2.45, 2.75) is 44.5 Å². The highest BCUT2D eigenvalue weighted by Crippen LogP contribution is 2.23. The monoisotopic (exact) mass is 646 g/mol. The number of carbonyl (C=O) groups is 3. The first-order valence-corrected chi connectivity index (χ1v) is 15.9. The molecule has 1 fully saturated rings. The van der Waals surface area contributed by atoms with Crippen molar-refractivity contribution in [2.75, 3.05) is 18.4 Å². The maximum absolute atomic E-state index is 13.6. The van der Waals surface area contributed by atoms with Crippen LogP contribution in [0.5, 0.6) is 5.75 Å². The van der Waals surface area contributed by atoms with Gasteiger partial charge in [0, 0.05) is 30.6 Å². The van der Waals surface area contributed by atoms with Crippen LogP contribution in [0.15, 0.2) is 91.0 Å². The van der Waals surface area contributed by atoms with E-state index in [0.29, 0.717) is 21.4 Å². The van der Waals surface area contributed by atoms with Crippen molar-refractivity contribution < 1.29 is 24.2 Å². The first kappa shape index (κ1) is 32.0. The Kier molecular flexibility index (Phi) is 11.1. The molecule has 1 aliphatic heterocycles. The number of ether oxygens (including phenoxy) is 1. The van der Waals surface area contributed by atoms with Crippen LogP contribution in [-0.2, 0) is 29.1 Å². The fourth-order valence-corrected chi connectivity index (χ4v) is 6.08. The molecule has 1 aliphatic rings. The van der Waals surface area contributed by atoms with Crippen LogP contribution in [0.3, 0.4) is 0 Å². The second kappa shape index (κ2) is 15.6. The molecule has 1 saturated heterocycles. The van der Waals surface area contributed by atoms with Crippen LogP contribution in [0.25, 0.3) is 0 Å². The van der Waals surface area contributed by atoms with Gasteiger partial charge in [0.2, 0.25) is 5.91 Å². The van der Waals surface area contributed by atoms with Crippen LogP contribution in [0.2, 0.25) is 5.02 Å². The predicted molar refractivity (Wildman–Crippen MR) is 176 cm³/mol. The normalized spacial score (nSPS) is 15.5. The molecular weight excluding hydrogens is 612 g/mol. The smallest absolute Gasteiger partial charge is 0.348 e. The Hall–Kier alpha value is -4.38. The van der Waals surface area contributed by atoms with Crippen LogP contribution >= 0.6 is 22.9 Å². The van der Waals surface area contributed by atoms with E-state index in [9.17, 15) is 19.5 Å². The van der Waals surface area contributed by atoms with Gasteiger partial charge >= 0.3 is 12.0 Å². The van der Waals surface area contributed by atoms with E-state index < -0.39 is 18.0 Å². The second-order valence-corrected chi connectivity index (χ2v) is 12.5. The minimum atomic E-state index is -0.878. The number of urea groups is 1. The van der Waals surface area contributed by atoms with E-state index in [1.165, 1.54) is 0 Å². The van der Waals surface area contributed by atoms with E-state index in [0.717, 1.165) is 54.0 Å². The number of likely N-dealkylation sites (tertiary alicyclic amines) is 1. The minimum absolute atomic E-state index is 0.0764. The lowest BCUT2D eigenvalue weighted by Crippen LogP contribution is -2.54. The van der Waals surface area contributed by atoms with Crippen molar-refractivity contribution in [3.05, 3.63) is 118 Å². The molecule has 0 radical (unpaired) electrons. The molecule has 0 aliphatic carbocycles. The van der Waals surface area contributed by atoms with E-state index in [-0.39, 0.29) is 30.7 Å². The molecular formula is C34H35ClN4O5S. The lowest BCUT2D eigenvalue weighted by molar-refractivity contribution is -0.124. The van der Waals surface area contributed by atoms with Gasteiger partial charge in [-0.05, 0) is 72.5 Å².